The van der Waals surface area contributed by atoms with Crippen molar-refractivity contribution >= 4 is 0 Å². The average molecular weight is 703 g/mol. The van der Waals surface area contributed by atoms with Crippen LogP contribution in [0.15, 0.2) is 170 Å². The molecular formula is C54H54. The van der Waals surface area contributed by atoms with E-state index in [4.69, 9.17) is 0 Å². The quantitative estimate of drug-likeness (QED) is 0.0880. The zero-order chi connectivity index (χ0) is 37.0. The minimum Gasteiger partial charge on any atom is -0.0654 e. The third-order valence-corrected chi connectivity index (χ3v) is 11.0. The highest BCUT2D eigenvalue weighted by Crippen LogP contribution is 2.37. The van der Waals surface area contributed by atoms with Crippen LogP contribution in [0.1, 0.15) is 76.3 Å². The standard InChI is InChI=1S/C54H54/c1-3-5-7-11-21-51-39-54(50-37-33-48(34-38-50)46-29-25-44(26-30-46)42-19-15-10-16-20-42)52(22-12-8-6-4-2)40-53(51)49-35-31-47(32-36-49)45-27-23-43(24-28-45)41-17-13-9-14-18-41/h9-10,13-20,23-40H,3-8,11-12,21-22H2,1-2H3. The summed E-state index contributed by atoms with van der Waals surface area (Å²) >= 11 is 0. The number of aryl methyl sites for hydroxylation is 2. The molecular weight excluding hydrogens is 649 g/mol. The van der Waals surface area contributed by atoms with Crippen molar-refractivity contribution in [2.45, 2.75) is 78.1 Å². The number of hydrogen-bond acceptors (Lipinski definition) is 0. The molecule has 0 heterocycles. The summed E-state index contributed by atoms with van der Waals surface area (Å²) in [5.41, 5.74) is 18.4. The van der Waals surface area contributed by atoms with Crippen molar-refractivity contribution in [2.75, 3.05) is 0 Å². The monoisotopic (exact) mass is 702 g/mol. The summed E-state index contributed by atoms with van der Waals surface area (Å²) in [7, 11) is 0. The Morgan fingerprint density at radius 2 is 0.519 bits per heavy atom. The van der Waals surface area contributed by atoms with Gasteiger partial charge in [0.1, 0.15) is 0 Å². The predicted molar refractivity (Wildman–Crippen MR) is 235 cm³/mol. The van der Waals surface area contributed by atoms with Crippen LogP contribution in [0.5, 0.6) is 0 Å². The van der Waals surface area contributed by atoms with E-state index in [0.29, 0.717) is 0 Å². The van der Waals surface area contributed by atoms with Crippen molar-refractivity contribution in [3.8, 4) is 66.8 Å². The lowest BCUT2D eigenvalue weighted by atomic mass is 9.86. The molecule has 0 aliphatic carbocycles. The average Bonchev–Trinajstić information content (AvgIpc) is 3.25. The lowest BCUT2D eigenvalue weighted by Gasteiger charge is -2.18. The summed E-state index contributed by atoms with van der Waals surface area (Å²) in [4.78, 5) is 0. The molecule has 0 aromatic heterocycles. The van der Waals surface area contributed by atoms with Gasteiger partial charge in [-0.3, -0.25) is 0 Å². The third-order valence-electron chi connectivity index (χ3n) is 11.0. The first-order valence-electron chi connectivity index (χ1n) is 20.4. The second-order valence-electron chi connectivity index (χ2n) is 14.8. The zero-order valence-electron chi connectivity index (χ0n) is 32.2. The van der Waals surface area contributed by atoms with Crippen LogP contribution in [0, 0.1) is 0 Å². The first-order chi connectivity index (χ1) is 26.7. The van der Waals surface area contributed by atoms with E-state index in [-0.39, 0.29) is 0 Å². The molecule has 0 atom stereocenters. The number of benzene rings is 7. The van der Waals surface area contributed by atoms with E-state index in [1.807, 2.05) is 0 Å². The van der Waals surface area contributed by atoms with Gasteiger partial charge in [-0.2, -0.15) is 0 Å². The Morgan fingerprint density at radius 3 is 0.796 bits per heavy atom. The van der Waals surface area contributed by atoms with Gasteiger partial charge in [0.05, 0.1) is 0 Å². The fourth-order valence-electron chi connectivity index (χ4n) is 7.78. The maximum atomic E-state index is 2.55. The molecule has 0 heteroatoms. The molecule has 54 heavy (non-hydrogen) atoms. The molecule has 0 bridgehead atoms. The highest BCUT2D eigenvalue weighted by Gasteiger charge is 2.15. The lowest BCUT2D eigenvalue weighted by Crippen LogP contribution is -1.99. The fraction of sp³-hybridized carbons (Fsp3) is 0.222. The van der Waals surface area contributed by atoms with Crippen LogP contribution in [0.25, 0.3) is 66.8 Å². The molecule has 0 saturated heterocycles. The van der Waals surface area contributed by atoms with E-state index in [1.165, 1.54) is 129 Å². The summed E-state index contributed by atoms with van der Waals surface area (Å²) in [5.74, 6) is 0. The maximum Gasteiger partial charge on any atom is -0.0149 e. The highest BCUT2D eigenvalue weighted by molar-refractivity contribution is 5.80. The van der Waals surface area contributed by atoms with Crippen molar-refractivity contribution in [3.05, 3.63) is 181 Å². The predicted octanol–water partition coefficient (Wildman–Crippen LogP) is 15.9. The van der Waals surface area contributed by atoms with Crippen molar-refractivity contribution < 1.29 is 0 Å². The van der Waals surface area contributed by atoms with Gasteiger partial charge in [0, 0.05) is 0 Å². The van der Waals surface area contributed by atoms with Crippen molar-refractivity contribution in [2.24, 2.45) is 0 Å². The molecule has 0 nitrogen and oxygen atoms in total. The smallest absolute Gasteiger partial charge is 0.0149 e. The largest absolute Gasteiger partial charge is 0.0654 e. The normalized spacial score (nSPS) is 11.1. The third kappa shape index (κ3) is 9.18. The van der Waals surface area contributed by atoms with Crippen molar-refractivity contribution in [3.63, 3.8) is 0 Å². The van der Waals surface area contributed by atoms with Gasteiger partial charge >= 0.3 is 0 Å². The van der Waals surface area contributed by atoms with Crippen LogP contribution in [0.3, 0.4) is 0 Å². The molecule has 0 spiro atoms. The van der Waals surface area contributed by atoms with E-state index < -0.39 is 0 Å². The lowest BCUT2D eigenvalue weighted by molar-refractivity contribution is 0.664. The van der Waals surface area contributed by atoms with Crippen LogP contribution in [0.4, 0.5) is 0 Å². The highest BCUT2D eigenvalue weighted by atomic mass is 14.2. The first kappa shape index (κ1) is 36.9. The molecule has 0 unspecified atom stereocenters. The number of hydrogen-bond donors (Lipinski definition) is 0. The van der Waals surface area contributed by atoms with E-state index >= 15 is 0 Å². The van der Waals surface area contributed by atoms with Gasteiger partial charge < -0.3 is 0 Å². The van der Waals surface area contributed by atoms with Gasteiger partial charge in [-0.1, -0.05) is 222 Å². The Labute approximate surface area is 324 Å². The molecule has 0 aliphatic heterocycles. The van der Waals surface area contributed by atoms with Gasteiger partial charge in [0.2, 0.25) is 0 Å². The van der Waals surface area contributed by atoms with Gasteiger partial charge in [-0.25, -0.2) is 0 Å². The van der Waals surface area contributed by atoms with Gasteiger partial charge in [-0.05, 0) is 104 Å². The Kier molecular flexibility index (Phi) is 12.7. The van der Waals surface area contributed by atoms with Crippen LogP contribution in [0.2, 0.25) is 0 Å². The summed E-state index contributed by atoms with van der Waals surface area (Å²) in [6.45, 7) is 4.60. The van der Waals surface area contributed by atoms with E-state index in [9.17, 15) is 0 Å². The summed E-state index contributed by atoms with van der Waals surface area (Å²) in [6, 6.07) is 63.0. The van der Waals surface area contributed by atoms with E-state index in [1.54, 1.807) is 0 Å². The first-order valence-corrected chi connectivity index (χ1v) is 20.4. The second-order valence-corrected chi connectivity index (χ2v) is 14.8. The molecule has 270 valence electrons. The Bertz CT molecular complexity index is 2010. The minimum atomic E-state index is 1.10. The molecule has 7 aromatic rings. The Morgan fingerprint density at radius 1 is 0.259 bits per heavy atom. The van der Waals surface area contributed by atoms with Gasteiger partial charge in [-0.15, -0.1) is 0 Å². The molecule has 0 N–H and O–H groups in total. The molecule has 0 saturated carbocycles. The van der Waals surface area contributed by atoms with Crippen LogP contribution in [-0.2, 0) is 12.8 Å². The second kappa shape index (κ2) is 18.5. The summed E-state index contributed by atoms with van der Waals surface area (Å²) in [6.07, 6.45) is 12.3. The van der Waals surface area contributed by atoms with Crippen molar-refractivity contribution in [1.29, 1.82) is 0 Å². The summed E-state index contributed by atoms with van der Waals surface area (Å²) in [5, 5.41) is 0. The van der Waals surface area contributed by atoms with Gasteiger partial charge in [0.15, 0.2) is 0 Å². The zero-order valence-corrected chi connectivity index (χ0v) is 32.2. The molecule has 7 rings (SSSR count). The van der Waals surface area contributed by atoms with Crippen LogP contribution < -0.4 is 0 Å². The van der Waals surface area contributed by atoms with E-state index in [0.717, 1.165) is 12.8 Å². The summed E-state index contributed by atoms with van der Waals surface area (Å²) < 4.78 is 0. The Balaban J connectivity index is 1.19. The SMILES string of the molecule is CCCCCCc1cc(-c2ccc(-c3ccc(-c4ccccc4)cc3)cc2)c(CCCCCC)cc1-c1ccc(-c2ccc(-c3ccccc3)cc2)cc1. The number of unbranched alkanes of at least 4 members (excludes halogenated alkanes) is 6. The Hall–Kier alpha value is -5.46. The van der Waals surface area contributed by atoms with Crippen LogP contribution in [-0.4, -0.2) is 0 Å². The minimum absolute atomic E-state index is 1.10. The molecule has 7 aromatic carbocycles. The fourth-order valence-corrected chi connectivity index (χ4v) is 7.78. The maximum absolute atomic E-state index is 2.55. The van der Waals surface area contributed by atoms with Gasteiger partial charge in [0.25, 0.3) is 0 Å². The topological polar surface area (TPSA) is 0 Å². The number of rotatable bonds is 16. The molecule has 0 radical (unpaired) electrons. The van der Waals surface area contributed by atoms with Crippen LogP contribution >= 0.6 is 0 Å². The molecule has 0 amide bonds. The molecule has 0 aliphatic rings. The van der Waals surface area contributed by atoms with E-state index in [2.05, 4.69) is 184 Å². The van der Waals surface area contributed by atoms with Crippen molar-refractivity contribution in [1.82, 2.24) is 0 Å². The molecule has 0 fully saturated rings.